The second-order valence-corrected chi connectivity index (χ2v) is 4.12. The number of aliphatic imine (C=N–C) groups is 1. The zero-order valence-electron chi connectivity index (χ0n) is 10.1. The highest BCUT2D eigenvalue weighted by molar-refractivity contribution is 5.85. The summed E-state index contributed by atoms with van der Waals surface area (Å²) in [6.45, 7) is 4.62. The van der Waals surface area contributed by atoms with Crippen LogP contribution in [0.4, 0.5) is 4.39 Å². The Bertz CT molecular complexity index is 304. The van der Waals surface area contributed by atoms with Crippen LogP contribution >= 0.6 is 0 Å². The molecule has 0 spiro atoms. The number of nitrogens with two attached hydrogens (primary N) is 2. The molecule has 92 valence electrons. The molecule has 0 bridgehead atoms. The van der Waals surface area contributed by atoms with Gasteiger partial charge in [-0.25, -0.2) is 4.39 Å². The Morgan fingerprint density at radius 2 is 2.06 bits per heavy atom. The van der Waals surface area contributed by atoms with E-state index < -0.39 is 5.54 Å². The predicted octanol–water partition coefficient (Wildman–Crippen LogP) is 1.30. The SMILES string of the molecule is CC(=O)C(C)(N)CC/C=C(/F)CN=C(C)N. The van der Waals surface area contributed by atoms with Gasteiger partial charge in [0.1, 0.15) is 11.6 Å². The van der Waals surface area contributed by atoms with E-state index in [-0.39, 0.29) is 18.2 Å². The summed E-state index contributed by atoms with van der Waals surface area (Å²) in [6.07, 6.45) is 2.22. The number of carbonyl (C=O) groups excluding carboxylic acids is 1. The van der Waals surface area contributed by atoms with Crippen molar-refractivity contribution in [2.75, 3.05) is 6.54 Å². The molecular weight excluding hydrogens is 209 g/mol. The van der Waals surface area contributed by atoms with Gasteiger partial charge < -0.3 is 11.5 Å². The summed E-state index contributed by atoms with van der Waals surface area (Å²) in [6, 6.07) is 0. The minimum atomic E-state index is -0.885. The Hall–Kier alpha value is -1.23. The van der Waals surface area contributed by atoms with Crippen molar-refractivity contribution < 1.29 is 9.18 Å². The number of amidine groups is 1. The largest absolute Gasteiger partial charge is 0.388 e. The molecule has 1 unspecified atom stereocenters. The molecule has 0 aliphatic rings. The van der Waals surface area contributed by atoms with E-state index in [0.717, 1.165) is 0 Å². The highest BCUT2D eigenvalue weighted by atomic mass is 19.1. The molecule has 5 heteroatoms. The van der Waals surface area contributed by atoms with Crippen LogP contribution < -0.4 is 11.5 Å². The van der Waals surface area contributed by atoms with Crippen molar-refractivity contribution in [3.8, 4) is 0 Å². The molecule has 0 aliphatic heterocycles. The molecule has 1 atom stereocenters. The van der Waals surface area contributed by atoms with Crippen molar-refractivity contribution in [3.63, 3.8) is 0 Å². The quantitative estimate of drug-likeness (QED) is 0.532. The fourth-order valence-electron chi connectivity index (χ4n) is 0.969. The van der Waals surface area contributed by atoms with E-state index in [9.17, 15) is 9.18 Å². The minimum absolute atomic E-state index is 0.0519. The van der Waals surface area contributed by atoms with Crippen LogP contribution in [-0.2, 0) is 4.79 Å². The lowest BCUT2D eigenvalue weighted by atomic mass is 9.93. The molecule has 0 radical (unpaired) electrons. The smallest absolute Gasteiger partial charge is 0.149 e. The molecule has 0 aromatic rings. The van der Waals surface area contributed by atoms with Crippen molar-refractivity contribution in [3.05, 3.63) is 11.9 Å². The molecule has 0 rings (SSSR count). The zero-order chi connectivity index (χ0) is 12.8. The van der Waals surface area contributed by atoms with Crippen molar-refractivity contribution in [1.29, 1.82) is 0 Å². The monoisotopic (exact) mass is 229 g/mol. The molecular formula is C11H20FN3O. The summed E-state index contributed by atoms with van der Waals surface area (Å²) in [5.41, 5.74) is 10.1. The highest BCUT2D eigenvalue weighted by Crippen LogP contribution is 2.12. The Morgan fingerprint density at radius 3 is 2.50 bits per heavy atom. The van der Waals surface area contributed by atoms with Crippen molar-refractivity contribution in [2.24, 2.45) is 16.5 Å². The Balaban J connectivity index is 4.10. The maximum Gasteiger partial charge on any atom is 0.149 e. The van der Waals surface area contributed by atoms with E-state index in [1.165, 1.54) is 13.0 Å². The fraction of sp³-hybridized carbons (Fsp3) is 0.636. The Labute approximate surface area is 95.6 Å². The van der Waals surface area contributed by atoms with Crippen molar-refractivity contribution >= 4 is 11.6 Å². The average Bonchev–Trinajstić information content (AvgIpc) is 2.14. The van der Waals surface area contributed by atoms with Gasteiger partial charge >= 0.3 is 0 Å². The molecule has 0 fully saturated rings. The first-order valence-corrected chi connectivity index (χ1v) is 5.16. The van der Waals surface area contributed by atoms with Crippen LogP contribution in [0.1, 0.15) is 33.6 Å². The lowest BCUT2D eigenvalue weighted by Gasteiger charge is -2.19. The van der Waals surface area contributed by atoms with Gasteiger partial charge in [0.25, 0.3) is 0 Å². The number of allylic oxidation sites excluding steroid dienone is 1. The number of rotatable bonds is 6. The van der Waals surface area contributed by atoms with Crippen LogP contribution in [0.3, 0.4) is 0 Å². The molecule has 0 saturated carbocycles. The van der Waals surface area contributed by atoms with Crippen LogP contribution in [-0.4, -0.2) is 23.7 Å². The average molecular weight is 229 g/mol. The number of hydrogen-bond acceptors (Lipinski definition) is 3. The summed E-state index contributed by atoms with van der Waals surface area (Å²) in [7, 11) is 0. The van der Waals surface area contributed by atoms with Gasteiger partial charge in [-0.3, -0.25) is 9.79 Å². The van der Waals surface area contributed by atoms with E-state index in [1.54, 1.807) is 13.8 Å². The van der Waals surface area contributed by atoms with Gasteiger partial charge in [-0.15, -0.1) is 0 Å². The van der Waals surface area contributed by atoms with E-state index >= 15 is 0 Å². The molecule has 0 saturated heterocycles. The third-order valence-electron chi connectivity index (χ3n) is 2.31. The van der Waals surface area contributed by atoms with E-state index in [0.29, 0.717) is 18.7 Å². The molecule has 4 N–H and O–H groups in total. The van der Waals surface area contributed by atoms with Gasteiger partial charge in [0.05, 0.1) is 17.9 Å². The van der Waals surface area contributed by atoms with Crippen LogP contribution in [0, 0.1) is 0 Å². The van der Waals surface area contributed by atoms with Crippen LogP contribution in [0.2, 0.25) is 0 Å². The van der Waals surface area contributed by atoms with Gasteiger partial charge in [-0.1, -0.05) is 6.08 Å². The maximum absolute atomic E-state index is 13.1. The van der Waals surface area contributed by atoms with Crippen molar-refractivity contribution in [2.45, 2.75) is 39.2 Å². The lowest BCUT2D eigenvalue weighted by Crippen LogP contribution is -2.43. The Morgan fingerprint density at radius 1 is 1.50 bits per heavy atom. The molecule has 0 amide bonds. The van der Waals surface area contributed by atoms with Crippen LogP contribution in [0.5, 0.6) is 0 Å². The molecule has 0 heterocycles. The maximum atomic E-state index is 13.1. The van der Waals surface area contributed by atoms with Gasteiger partial charge in [-0.2, -0.15) is 0 Å². The summed E-state index contributed by atoms with van der Waals surface area (Å²) in [5.74, 6) is -0.114. The Kier molecular flexibility index (Phi) is 5.88. The first-order chi connectivity index (χ1) is 7.25. The van der Waals surface area contributed by atoms with Gasteiger partial charge in [0, 0.05) is 0 Å². The summed E-state index contributed by atoms with van der Waals surface area (Å²) in [5, 5.41) is 0. The number of hydrogen-bond donors (Lipinski definition) is 2. The summed E-state index contributed by atoms with van der Waals surface area (Å²) >= 11 is 0. The third-order valence-corrected chi connectivity index (χ3v) is 2.31. The topological polar surface area (TPSA) is 81.5 Å². The predicted molar refractivity (Wildman–Crippen MR) is 63.9 cm³/mol. The lowest BCUT2D eigenvalue weighted by molar-refractivity contribution is -0.121. The van der Waals surface area contributed by atoms with E-state index in [2.05, 4.69) is 4.99 Å². The number of Topliss-reactive ketones (excluding diaryl/α,β-unsaturated/α-hetero) is 1. The van der Waals surface area contributed by atoms with Gasteiger partial charge in [0.2, 0.25) is 0 Å². The first kappa shape index (κ1) is 14.8. The standard InChI is InChI=1S/C11H20FN3O/c1-8(16)11(3,14)6-4-5-10(12)7-15-9(2)13/h5H,4,6-7,14H2,1-3H3,(H2,13,15)/b10-5+. The van der Waals surface area contributed by atoms with Gasteiger partial charge in [0.15, 0.2) is 0 Å². The number of halogens is 1. The fourth-order valence-corrected chi connectivity index (χ4v) is 0.969. The van der Waals surface area contributed by atoms with Crippen LogP contribution in [0.15, 0.2) is 16.9 Å². The summed E-state index contributed by atoms with van der Waals surface area (Å²) < 4.78 is 13.1. The van der Waals surface area contributed by atoms with Crippen molar-refractivity contribution in [1.82, 2.24) is 0 Å². The normalized spacial score (nSPS) is 17.1. The molecule has 0 aromatic carbocycles. The molecule has 0 aromatic heterocycles. The number of ketones is 1. The van der Waals surface area contributed by atoms with E-state index in [4.69, 9.17) is 11.5 Å². The van der Waals surface area contributed by atoms with E-state index in [1.807, 2.05) is 0 Å². The summed E-state index contributed by atoms with van der Waals surface area (Å²) in [4.78, 5) is 14.8. The highest BCUT2D eigenvalue weighted by Gasteiger charge is 2.22. The zero-order valence-corrected chi connectivity index (χ0v) is 10.1. The third kappa shape index (κ3) is 6.29. The molecule has 4 nitrogen and oxygen atoms in total. The van der Waals surface area contributed by atoms with Gasteiger partial charge in [-0.05, 0) is 33.6 Å². The molecule has 0 aliphatic carbocycles. The first-order valence-electron chi connectivity index (χ1n) is 5.16. The second-order valence-electron chi connectivity index (χ2n) is 4.12. The van der Waals surface area contributed by atoms with Crippen LogP contribution in [0.25, 0.3) is 0 Å². The number of carbonyl (C=O) groups is 1. The second kappa shape index (κ2) is 6.37. The minimum Gasteiger partial charge on any atom is -0.388 e. The molecule has 16 heavy (non-hydrogen) atoms. The number of nitrogens with zero attached hydrogens (tertiary/aromatic N) is 1.